The molecule has 0 N–H and O–H groups in total. The Kier molecular flexibility index (Phi) is 7.15. The van der Waals surface area contributed by atoms with E-state index in [0.29, 0.717) is 0 Å². The van der Waals surface area contributed by atoms with Crippen LogP contribution >= 0.6 is 10.0 Å². The number of nitrogens with zero attached hydrogens (tertiary/aromatic N) is 1. The highest BCUT2D eigenvalue weighted by molar-refractivity contribution is 8.33. The summed E-state index contributed by atoms with van der Waals surface area (Å²) in [6.07, 6.45) is 12.1. The summed E-state index contributed by atoms with van der Waals surface area (Å²) >= 11 is 0. The molecule has 0 spiro atoms. The molecule has 1 nitrogen and oxygen atoms in total. The minimum absolute atomic E-state index is 0.0635. The van der Waals surface area contributed by atoms with Crippen LogP contribution in [-0.2, 0) is 18.3 Å². The second kappa shape index (κ2) is 10.5. The molecule has 0 radical (unpaired) electrons. The lowest BCUT2D eigenvalue weighted by Gasteiger charge is -2.49. The minimum atomic E-state index is -1.12. The summed E-state index contributed by atoms with van der Waals surface area (Å²) in [6.45, 7) is 9.58. The van der Waals surface area contributed by atoms with Gasteiger partial charge in [0.25, 0.3) is 0 Å². The summed E-state index contributed by atoms with van der Waals surface area (Å²) in [6, 6.07) is 33.3. The molecule has 0 bridgehead atoms. The highest BCUT2D eigenvalue weighted by atomic mass is 32.3. The zero-order chi connectivity index (χ0) is 28.1. The van der Waals surface area contributed by atoms with Crippen LogP contribution in [-0.4, -0.2) is 19.4 Å². The second-order valence-electron chi connectivity index (χ2n) is 12.7. The number of fused-ring (bicyclic) bond motifs is 4. The number of rotatable bonds is 7. The summed E-state index contributed by atoms with van der Waals surface area (Å²) in [5.74, 6) is 0. The monoisotopic (exact) mass is 545 g/mol. The van der Waals surface area contributed by atoms with E-state index in [0.717, 1.165) is 12.8 Å². The number of hydrogen-bond donors (Lipinski definition) is 0. The van der Waals surface area contributed by atoms with Gasteiger partial charge in [0.15, 0.2) is 0 Å². The highest BCUT2D eigenvalue weighted by Gasteiger charge is 2.46. The summed E-state index contributed by atoms with van der Waals surface area (Å²) in [4.78, 5) is 5.79. The van der Waals surface area contributed by atoms with Crippen LogP contribution in [0, 0.1) is 0 Å². The topological polar surface area (TPSA) is 3.24 Å². The van der Waals surface area contributed by atoms with E-state index in [1.165, 1.54) is 80.0 Å². The lowest BCUT2D eigenvalue weighted by molar-refractivity contribution is 0.632. The fourth-order valence-electron chi connectivity index (χ4n) is 7.14. The van der Waals surface area contributed by atoms with E-state index in [1.54, 1.807) is 0 Å². The molecule has 40 heavy (non-hydrogen) atoms. The van der Waals surface area contributed by atoms with Crippen molar-refractivity contribution in [1.29, 1.82) is 0 Å². The number of benzene rings is 4. The molecule has 0 saturated heterocycles. The maximum Gasteiger partial charge on any atom is 0.330 e. The van der Waals surface area contributed by atoms with Crippen LogP contribution in [0.15, 0.2) is 94.7 Å². The molecule has 0 aliphatic carbocycles. The third-order valence-corrected chi connectivity index (χ3v) is 12.4. The molecule has 0 unspecified atom stereocenters. The fraction of sp³-hybridized carbons (Fsp3) is 0.351. The van der Waals surface area contributed by atoms with Gasteiger partial charge in [0.05, 0.1) is 0 Å². The lowest BCUT2D eigenvalue weighted by atomic mass is 9.47. The minimum Gasteiger partial charge on any atom is -0.376 e. The predicted octanol–water partition coefficient (Wildman–Crippen LogP) is 8.75. The van der Waals surface area contributed by atoms with Crippen LogP contribution in [0.1, 0.15) is 75.6 Å². The van der Waals surface area contributed by atoms with Gasteiger partial charge in [-0.1, -0.05) is 113 Å². The van der Waals surface area contributed by atoms with Gasteiger partial charge in [-0.25, -0.2) is 0 Å². The van der Waals surface area contributed by atoms with Crippen molar-refractivity contribution in [2.24, 2.45) is 0 Å². The van der Waals surface area contributed by atoms with Crippen LogP contribution in [0.4, 0.5) is 11.4 Å². The lowest BCUT2D eigenvalue weighted by Crippen LogP contribution is -2.60. The Bertz CT molecular complexity index is 1440. The van der Waals surface area contributed by atoms with Gasteiger partial charge in [-0.3, -0.25) is 0 Å². The smallest absolute Gasteiger partial charge is 0.330 e. The Morgan fingerprint density at radius 3 is 1.55 bits per heavy atom. The third-order valence-electron chi connectivity index (χ3n) is 9.41. The molecule has 0 amide bonds. The zero-order valence-corrected chi connectivity index (χ0v) is 26.1. The first-order valence-corrected chi connectivity index (χ1v) is 17.7. The summed E-state index contributed by atoms with van der Waals surface area (Å²) in [5.41, 5.74) is 11.4. The van der Waals surface area contributed by atoms with Crippen molar-refractivity contribution in [3.05, 3.63) is 107 Å². The van der Waals surface area contributed by atoms with E-state index in [4.69, 9.17) is 0 Å². The van der Waals surface area contributed by atoms with Crippen molar-refractivity contribution < 1.29 is 0 Å². The maximum absolute atomic E-state index is 2.74. The van der Waals surface area contributed by atoms with E-state index in [2.05, 4.69) is 130 Å². The van der Waals surface area contributed by atoms with Crippen molar-refractivity contribution in [1.82, 2.24) is 0 Å². The first-order valence-electron chi connectivity index (χ1n) is 15.3. The molecule has 3 heteroatoms. The van der Waals surface area contributed by atoms with Crippen LogP contribution in [0.5, 0.6) is 0 Å². The van der Waals surface area contributed by atoms with Crippen molar-refractivity contribution in [2.45, 2.75) is 81.4 Å². The van der Waals surface area contributed by atoms with Gasteiger partial charge in [0.2, 0.25) is 0 Å². The van der Waals surface area contributed by atoms with Crippen LogP contribution in [0.3, 0.4) is 0 Å². The molecule has 206 valence electrons. The van der Waals surface area contributed by atoms with Crippen molar-refractivity contribution in [3.63, 3.8) is 0 Å². The molecule has 2 heterocycles. The van der Waals surface area contributed by atoms with Crippen molar-refractivity contribution in [2.75, 3.05) is 17.3 Å². The Morgan fingerprint density at radius 1 is 0.650 bits per heavy atom. The first-order chi connectivity index (χ1) is 19.3. The van der Waals surface area contributed by atoms with Gasteiger partial charge >= 0.3 is 6.85 Å². The van der Waals surface area contributed by atoms with E-state index in [9.17, 15) is 0 Å². The third kappa shape index (κ3) is 4.33. The largest absolute Gasteiger partial charge is 0.376 e. The summed E-state index contributed by atoms with van der Waals surface area (Å²) in [7, 11) is -1.12. The van der Waals surface area contributed by atoms with E-state index in [-0.39, 0.29) is 12.3 Å². The van der Waals surface area contributed by atoms with Crippen LogP contribution < -0.4 is 15.7 Å². The quantitative estimate of drug-likeness (QED) is 0.210. The van der Waals surface area contributed by atoms with Gasteiger partial charge in [-0.15, -0.1) is 0 Å². The van der Waals surface area contributed by atoms with E-state index >= 15 is 0 Å². The number of aryl methyl sites for hydroxylation is 2. The number of unbranched alkanes of at least 4 members (excludes halogenated alkanes) is 2. The zero-order valence-electron chi connectivity index (χ0n) is 25.3. The molecule has 2 aliphatic heterocycles. The predicted molar refractivity (Wildman–Crippen MR) is 178 cm³/mol. The molecule has 4 aromatic carbocycles. The average molecular weight is 546 g/mol. The van der Waals surface area contributed by atoms with Crippen molar-refractivity contribution in [3.8, 4) is 0 Å². The number of anilines is 2. The molecule has 0 saturated carbocycles. The molecular formula is C37H44BNS. The SMILES string of the molecule is CCCCc1ccc2c(c1)N(B1c3ccccc3S(C)(C)c3ccccc31)c1cc(CCCC)ccc1C2(C)C. The molecule has 0 aromatic heterocycles. The van der Waals surface area contributed by atoms with Gasteiger partial charge in [0, 0.05) is 16.8 Å². The van der Waals surface area contributed by atoms with Gasteiger partial charge < -0.3 is 4.81 Å². The standard InChI is InChI=1S/C37H44BNS/c1-7-9-15-27-21-23-29-33(25-27)39(34-26-28(16-10-8-2)22-24-30(34)37(29,3)4)38-31-17-11-13-19-35(31)40(5,6)36-20-14-12-18-32(36)38/h11-14,17-26H,7-10,15-16H2,1-6H3. The van der Waals surface area contributed by atoms with Gasteiger partial charge in [-0.2, -0.15) is 10.0 Å². The van der Waals surface area contributed by atoms with Crippen molar-refractivity contribution >= 4 is 39.2 Å². The van der Waals surface area contributed by atoms with Gasteiger partial charge in [-0.05, 0) is 93.3 Å². The summed E-state index contributed by atoms with van der Waals surface area (Å²) < 4.78 is 0. The van der Waals surface area contributed by atoms with E-state index in [1.807, 2.05) is 0 Å². The van der Waals surface area contributed by atoms with Crippen LogP contribution in [0.2, 0.25) is 0 Å². The van der Waals surface area contributed by atoms with Crippen LogP contribution in [0.25, 0.3) is 0 Å². The summed E-state index contributed by atoms with van der Waals surface area (Å²) in [5, 5.41) is 0. The molecule has 4 aromatic rings. The Morgan fingerprint density at radius 2 is 1.10 bits per heavy atom. The maximum atomic E-state index is 2.74. The number of hydrogen-bond acceptors (Lipinski definition) is 1. The Labute approximate surface area is 244 Å². The first kappa shape index (κ1) is 27.3. The fourth-order valence-corrected chi connectivity index (χ4v) is 9.75. The highest BCUT2D eigenvalue weighted by Crippen LogP contribution is 2.58. The molecule has 6 rings (SSSR count). The normalized spacial score (nSPS) is 16.9. The molecule has 2 aliphatic rings. The Hall–Kier alpha value is -2.91. The molecule has 0 fully saturated rings. The van der Waals surface area contributed by atoms with E-state index < -0.39 is 10.0 Å². The average Bonchev–Trinajstić information content (AvgIpc) is 2.96. The Balaban J connectivity index is 1.66. The van der Waals surface area contributed by atoms with Gasteiger partial charge in [0.1, 0.15) is 0 Å². The molecular weight excluding hydrogens is 501 g/mol. The second-order valence-corrected chi connectivity index (χ2v) is 16.2. The molecule has 0 atom stereocenters.